The van der Waals surface area contributed by atoms with Gasteiger partial charge in [0.2, 0.25) is 0 Å². The first kappa shape index (κ1) is 15.5. The molecule has 0 aliphatic rings. The van der Waals surface area contributed by atoms with Crippen molar-refractivity contribution in [3.8, 4) is 11.5 Å². The van der Waals surface area contributed by atoms with Crippen LogP contribution < -0.4 is 9.47 Å². The summed E-state index contributed by atoms with van der Waals surface area (Å²) in [6, 6.07) is 5.83. The second-order valence-electron chi connectivity index (χ2n) is 4.46. The van der Waals surface area contributed by atoms with Crippen LogP contribution in [0.25, 0.3) is 0 Å². The number of halogens is 2. The Morgan fingerprint density at radius 1 is 1.20 bits per heavy atom. The van der Waals surface area contributed by atoms with Gasteiger partial charge in [0.25, 0.3) is 0 Å². The van der Waals surface area contributed by atoms with Gasteiger partial charge in [-0.2, -0.15) is 0 Å². The fourth-order valence-electron chi connectivity index (χ4n) is 1.97. The largest absolute Gasteiger partial charge is 0.493 e. The summed E-state index contributed by atoms with van der Waals surface area (Å²) in [6.07, 6.45) is 0.696. The minimum atomic E-state index is -0.140. The number of hydrogen-bond donors (Lipinski definition) is 0. The van der Waals surface area contributed by atoms with Crippen molar-refractivity contribution in [2.45, 2.75) is 18.7 Å². The van der Waals surface area contributed by atoms with Crippen LogP contribution in [0, 0.1) is 6.92 Å². The first-order valence-electron chi connectivity index (χ1n) is 6.15. The van der Waals surface area contributed by atoms with Crippen LogP contribution in [0.4, 0.5) is 0 Å². The van der Waals surface area contributed by atoms with E-state index in [1.165, 1.54) is 0 Å². The Kier molecular flexibility index (Phi) is 5.19. The van der Waals surface area contributed by atoms with Gasteiger partial charge in [-0.3, -0.25) is 0 Å². The molecule has 108 valence electrons. The molecular weight excluding hydrogens is 315 g/mol. The molecule has 0 spiro atoms. The quantitative estimate of drug-likeness (QED) is 0.697. The molecule has 1 atom stereocenters. The molecule has 0 N–H and O–H groups in total. The van der Waals surface area contributed by atoms with E-state index in [1.54, 1.807) is 25.6 Å². The first-order valence-corrected chi connectivity index (χ1v) is 7.84. The molecule has 0 radical (unpaired) electrons. The van der Waals surface area contributed by atoms with E-state index in [4.69, 9.17) is 32.7 Å². The van der Waals surface area contributed by atoms with E-state index in [2.05, 4.69) is 0 Å². The fraction of sp³-hybridized carbons (Fsp3) is 0.333. The van der Waals surface area contributed by atoms with Crippen molar-refractivity contribution in [2.24, 2.45) is 0 Å². The number of methoxy groups -OCH3 is 2. The number of hydrogen-bond acceptors (Lipinski definition) is 3. The molecule has 0 amide bonds. The first-order chi connectivity index (χ1) is 9.56. The zero-order valence-corrected chi connectivity index (χ0v) is 13.9. The number of rotatable bonds is 5. The molecule has 20 heavy (non-hydrogen) atoms. The van der Waals surface area contributed by atoms with Gasteiger partial charge < -0.3 is 9.47 Å². The maximum atomic E-state index is 6.48. The molecule has 2 aromatic rings. The van der Waals surface area contributed by atoms with E-state index in [1.807, 2.05) is 30.5 Å². The van der Waals surface area contributed by atoms with Crippen molar-refractivity contribution >= 4 is 34.5 Å². The van der Waals surface area contributed by atoms with Gasteiger partial charge in [-0.25, -0.2) is 0 Å². The minimum Gasteiger partial charge on any atom is -0.493 e. The van der Waals surface area contributed by atoms with Crippen LogP contribution in [-0.4, -0.2) is 14.2 Å². The molecule has 0 aliphatic heterocycles. The standard InChI is InChI=1S/C15H16Cl2O2S/c1-9-8-20-15(14(9)17)11(16)6-10-4-5-12(18-2)13(7-10)19-3/h4-5,7-8,11H,6H2,1-3H3. The molecule has 1 unspecified atom stereocenters. The zero-order chi connectivity index (χ0) is 14.7. The highest BCUT2D eigenvalue weighted by Gasteiger charge is 2.17. The summed E-state index contributed by atoms with van der Waals surface area (Å²) in [6.45, 7) is 1.99. The van der Waals surface area contributed by atoms with Gasteiger partial charge in [0.15, 0.2) is 11.5 Å². The summed E-state index contributed by atoms with van der Waals surface area (Å²) in [5, 5.41) is 2.66. The third-order valence-electron chi connectivity index (χ3n) is 3.07. The third-order valence-corrected chi connectivity index (χ3v) is 5.40. The second-order valence-corrected chi connectivity index (χ2v) is 6.27. The Bertz CT molecular complexity index is 596. The Balaban J connectivity index is 2.19. The lowest BCUT2D eigenvalue weighted by molar-refractivity contribution is 0.354. The summed E-state index contributed by atoms with van der Waals surface area (Å²) in [5.41, 5.74) is 2.16. The summed E-state index contributed by atoms with van der Waals surface area (Å²) in [7, 11) is 3.25. The van der Waals surface area contributed by atoms with Gasteiger partial charge in [-0.15, -0.1) is 22.9 Å². The summed E-state index contributed by atoms with van der Waals surface area (Å²) < 4.78 is 10.5. The fourth-order valence-corrected chi connectivity index (χ4v) is 3.77. The highest BCUT2D eigenvalue weighted by atomic mass is 35.5. The molecule has 2 rings (SSSR count). The zero-order valence-electron chi connectivity index (χ0n) is 11.6. The summed E-state index contributed by atoms with van der Waals surface area (Å²) in [5.74, 6) is 1.43. The van der Waals surface area contributed by atoms with E-state index in [0.717, 1.165) is 21.0 Å². The highest BCUT2D eigenvalue weighted by Crippen LogP contribution is 2.38. The molecule has 1 heterocycles. The molecule has 0 aliphatic carbocycles. The predicted octanol–water partition coefficient (Wildman–Crippen LogP) is 5.25. The van der Waals surface area contributed by atoms with Crippen LogP contribution in [-0.2, 0) is 6.42 Å². The number of benzene rings is 1. The van der Waals surface area contributed by atoms with Crippen LogP contribution in [0.1, 0.15) is 21.4 Å². The van der Waals surface area contributed by atoms with E-state index >= 15 is 0 Å². The highest BCUT2D eigenvalue weighted by molar-refractivity contribution is 7.11. The van der Waals surface area contributed by atoms with Gasteiger partial charge in [-0.05, 0) is 42.0 Å². The number of alkyl halides is 1. The van der Waals surface area contributed by atoms with E-state index in [9.17, 15) is 0 Å². The van der Waals surface area contributed by atoms with E-state index < -0.39 is 0 Å². The van der Waals surface area contributed by atoms with Gasteiger partial charge in [0, 0.05) is 4.88 Å². The smallest absolute Gasteiger partial charge is 0.160 e. The monoisotopic (exact) mass is 330 g/mol. The molecule has 1 aromatic heterocycles. The number of thiophene rings is 1. The maximum absolute atomic E-state index is 6.48. The predicted molar refractivity (Wildman–Crippen MR) is 85.9 cm³/mol. The molecule has 0 saturated heterocycles. The number of aryl methyl sites for hydroxylation is 1. The molecule has 1 aromatic carbocycles. The Hall–Kier alpha value is -0.900. The third kappa shape index (κ3) is 3.22. The molecule has 5 heteroatoms. The van der Waals surface area contributed by atoms with E-state index in [0.29, 0.717) is 17.9 Å². The Labute approximate surface area is 133 Å². The van der Waals surface area contributed by atoms with Crippen molar-refractivity contribution in [3.63, 3.8) is 0 Å². The second kappa shape index (κ2) is 6.70. The van der Waals surface area contributed by atoms with Gasteiger partial charge >= 0.3 is 0 Å². The van der Waals surface area contributed by atoms with Gasteiger partial charge in [0.05, 0.1) is 24.6 Å². The lowest BCUT2D eigenvalue weighted by Crippen LogP contribution is -1.97. The van der Waals surface area contributed by atoms with Gasteiger partial charge in [0.1, 0.15) is 0 Å². The maximum Gasteiger partial charge on any atom is 0.160 e. The molecule has 0 fully saturated rings. The van der Waals surface area contributed by atoms with Crippen molar-refractivity contribution in [2.75, 3.05) is 14.2 Å². The number of ether oxygens (including phenoxy) is 2. The van der Waals surface area contributed by atoms with Crippen molar-refractivity contribution in [1.82, 2.24) is 0 Å². The van der Waals surface area contributed by atoms with Crippen molar-refractivity contribution in [1.29, 1.82) is 0 Å². The molecule has 0 bridgehead atoms. The normalized spacial score (nSPS) is 12.2. The topological polar surface area (TPSA) is 18.5 Å². The minimum absolute atomic E-state index is 0.140. The van der Waals surface area contributed by atoms with E-state index in [-0.39, 0.29) is 5.38 Å². The SMILES string of the molecule is COc1ccc(CC(Cl)c2scc(C)c2Cl)cc1OC. The van der Waals surface area contributed by atoms with Crippen molar-refractivity contribution in [3.05, 3.63) is 44.6 Å². The summed E-state index contributed by atoms with van der Waals surface area (Å²) in [4.78, 5) is 1.01. The van der Waals surface area contributed by atoms with Crippen LogP contribution in [0.3, 0.4) is 0 Å². The average molecular weight is 331 g/mol. The average Bonchev–Trinajstić information content (AvgIpc) is 2.79. The Morgan fingerprint density at radius 2 is 1.90 bits per heavy atom. The van der Waals surface area contributed by atoms with Crippen LogP contribution in [0.5, 0.6) is 11.5 Å². The summed E-state index contributed by atoms with van der Waals surface area (Å²) >= 11 is 14.3. The van der Waals surface area contributed by atoms with Crippen molar-refractivity contribution < 1.29 is 9.47 Å². The Morgan fingerprint density at radius 3 is 2.45 bits per heavy atom. The molecular formula is C15H16Cl2O2S. The molecule has 2 nitrogen and oxygen atoms in total. The van der Waals surface area contributed by atoms with Crippen LogP contribution >= 0.6 is 34.5 Å². The lowest BCUT2D eigenvalue weighted by Gasteiger charge is -2.12. The van der Waals surface area contributed by atoms with Crippen LogP contribution in [0.15, 0.2) is 23.6 Å². The lowest BCUT2D eigenvalue weighted by atomic mass is 10.1. The van der Waals surface area contributed by atoms with Crippen LogP contribution in [0.2, 0.25) is 5.02 Å². The van der Waals surface area contributed by atoms with Gasteiger partial charge in [-0.1, -0.05) is 17.7 Å². The molecule has 0 saturated carbocycles.